The number of methoxy groups -OCH3 is 1. The molecule has 1 amide bonds. The van der Waals surface area contributed by atoms with Gasteiger partial charge in [-0.2, -0.15) is 16.6 Å². The molecule has 4 rings (SSSR count). The molecule has 0 aliphatic heterocycles. The topological polar surface area (TPSA) is 119 Å². The number of aromatic nitrogens is 6. The molecule has 0 fully saturated rings. The Kier molecular flexibility index (Phi) is 7.43. The summed E-state index contributed by atoms with van der Waals surface area (Å²) in [5, 5.41) is 18.1. The lowest BCUT2D eigenvalue weighted by atomic mass is 10.1. The van der Waals surface area contributed by atoms with Crippen LogP contribution in [0.3, 0.4) is 0 Å². The van der Waals surface area contributed by atoms with Crippen LogP contribution in [-0.2, 0) is 24.2 Å². The Hall–Kier alpha value is -3.86. The highest BCUT2D eigenvalue weighted by atomic mass is 32.1. The SMILES string of the molecule is CCCCc1ncc(C(=O)N(Cc2ccsc2)c2nn[nH]n2)n1Cc1ccc(C(=O)OC)cc1. The fourth-order valence-corrected chi connectivity index (χ4v) is 4.21. The maximum absolute atomic E-state index is 13.7. The Morgan fingerprint density at radius 2 is 2.00 bits per heavy atom. The number of hydrogen-bond acceptors (Lipinski definition) is 8. The normalized spacial score (nSPS) is 10.9. The van der Waals surface area contributed by atoms with Crippen molar-refractivity contribution in [2.75, 3.05) is 12.0 Å². The van der Waals surface area contributed by atoms with E-state index in [0.717, 1.165) is 36.2 Å². The molecule has 0 aliphatic carbocycles. The lowest BCUT2D eigenvalue weighted by Crippen LogP contribution is -2.33. The van der Waals surface area contributed by atoms with Crippen LogP contribution in [0.2, 0.25) is 0 Å². The Morgan fingerprint density at radius 1 is 1.18 bits per heavy atom. The van der Waals surface area contributed by atoms with Crippen LogP contribution in [0.15, 0.2) is 47.3 Å². The molecule has 1 aromatic carbocycles. The molecular weight excluding hydrogens is 454 g/mol. The molecule has 10 nitrogen and oxygen atoms in total. The van der Waals surface area contributed by atoms with Crippen LogP contribution < -0.4 is 4.90 Å². The van der Waals surface area contributed by atoms with E-state index in [9.17, 15) is 9.59 Å². The Bertz CT molecular complexity index is 1220. The maximum Gasteiger partial charge on any atom is 0.337 e. The van der Waals surface area contributed by atoms with Crippen molar-refractivity contribution in [3.8, 4) is 0 Å². The molecule has 3 heterocycles. The number of amides is 1. The number of nitrogens with zero attached hydrogens (tertiary/aromatic N) is 6. The van der Waals surface area contributed by atoms with E-state index >= 15 is 0 Å². The van der Waals surface area contributed by atoms with Crippen LogP contribution in [0, 0.1) is 0 Å². The number of H-pyrrole nitrogens is 1. The van der Waals surface area contributed by atoms with Crippen LogP contribution in [0.4, 0.5) is 5.95 Å². The molecule has 3 aromatic heterocycles. The number of hydrogen-bond donors (Lipinski definition) is 1. The highest BCUT2D eigenvalue weighted by Crippen LogP contribution is 2.20. The molecule has 0 radical (unpaired) electrons. The number of benzene rings is 1. The summed E-state index contributed by atoms with van der Waals surface area (Å²) in [6.45, 7) is 2.86. The van der Waals surface area contributed by atoms with Gasteiger partial charge < -0.3 is 9.30 Å². The second-order valence-corrected chi connectivity index (χ2v) is 8.45. The second kappa shape index (κ2) is 10.8. The number of anilines is 1. The van der Waals surface area contributed by atoms with Gasteiger partial charge in [-0.1, -0.05) is 30.6 Å². The van der Waals surface area contributed by atoms with Gasteiger partial charge in [0.15, 0.2) is 0 Å². The Morgan fingerprint density at radius 3 is 2.65 bits per heavy atom. The third-order valence-electron chi connectivity index (χ3n) is 5.37. The van der Waals surface area contributed by atoms with E-state index < -0.39 is 5.97 Å². The van der Waals surface area contributed by atoms with E-state index in [1.807, 2.05) is 33.5 Å². The van der Waals surface area contributed by atoms with Gasteiger partial charge in [0.1, 0.15) is 11.5 Å². The van der Waals surface area contributed by atoms with Crippen molar-refractivity contribution < 1.29 is 14.3 Å². The molecule has 1 N–H and O–H groups in total. The van der Waals surface area contributed by atoms with Gasteiger partial charge in [-0.15, -0.1) is 5.10 Å². The van der Waals surface area contributed by atoms with Crippen LogP contribution in [0.1, 0.15) is 57.6 Å². The zero-order valence-electron chi connectivity index (χ0n) is 19.0. The number of carbonyl (C=O) groups is 2. The van der Waals surface area contributed by atoms with E-state index in [2.05, 4.69) is 32.5 Å². The number of aromatic amines is 1. The standard InChI is InChI=1S/C23H25N7O3S/c1-3-4-5-20-24-12-19(29(20)13-16-6-8-18(9-7-16)22(32)33-2)21(31)30(23-25-27-28-26-23)14-17-10-11-34-15-17/h6-12,15H,3-5,13-14H2,1-2H3,(H,25,26,27,28). The monoisotopic (exact) mass is 479 g/mol. The molecule has 0 atom stereocenters. The van der Waals surface area contributed by atoms with Crippen molar-refractivity contribution in [1.82, 2.24) is 30.2 Å². The number of thiophene rings is 1. The first-order valence-electron chi connectivity index (χ1n) is 10.9. The van der Waals surface area contributed by atoms with Crippen molar-refractivity contribution in [2.45, 2.75) is 39.3 Å². The molecule has 0 saturated heterocycles. The maximum atomic E-state index is 13.7. The summed E-state index contributed by atoms with van der Waals surface area (Å²) < 4.78 is 6.70. The summed E-state index contributed by atoms with van der Waals surface area (Å²) in [5.41, 5.74) is 2.81. The van der Waals surface area contributed by atoms with Gasteiger partial charge in [0.05, 0.1) is 25.4 Å². The quantitative estimate of drug-likeness (QED) is 0.346. The summed E-state index contributed by atoms with van der Waals surface area (Å²) in [5.74, 6) is 0.360. The van der Waals surface area contributed by atoms with Crippen LogP contribution >= 0.6 is 11.3 Å². The molecule has 11 heteroatoms. The molecule has 0 aliphatic rings. The van der Waals surface area contributed by atoms with Crippen molar-refractivity contribution in [1.29, 1.82) is 0 Å². The third kappa shape index (κ3) is 5.20. The summed E-state index contributed by atoms with van der Waals surface area (Å²) in [7, 11) is 1.35. The van der Waals surface area contributed by atoms with Gasteiger partial charge in [0, 0.05) is 13.0 Å². The number of carbonyl (C=O) groups excluding carboxylic acids is 2. The van der Waals surface area contributed by atoms with Crippen LogP contribution in [0.25, 0.3) is 0 Å². The predicted octanol–water partition coefficient (Wildman–Crippen LogP) is 3.48. The Labute approximate surface area is 200 Å². The number of esters is 1. The first-order chi connectivity index (χ1) is 16.6. The molecule has 0 bridgehead atoms. The van der Waals surface area contributed by atoms with Crippen LogP contribution in [0.5, 0.6) is 0 Å². The average molecular weight is 480 g/mol. The Balaban J connectivity index is 1.67. The van der Waals surface area contributed by atoms with E-state index in [1.54, 1.807) is 29.7 Å². The smallest absolute Gasteiger partial charge is 0.337 e. The lowest BCUT2D eigenvalue weighted by Gasteiger charge is -2.19. The van der Waals surface area contributed by atoms with Crippen LogP contribution in [-0.4, -0.2) is 49.2 Å². The first-order valence-corrected chi connectivity index (χ1v) is 11.8. The van der Waals surface area contributed by atoms with Crippen molar-refractivity contribution in [3.05, 3.63) is 75.5 Å². The number of rotatable bonds is 10. The number of nitrogens with one attached hydrogen (secondary N) is 1. The minimum atomic E-state index is -0.391. The summed E-state index contributed by atoms with van der Waals surface area (Å²) >= 11 is 1.56. The van der Waals surface area contributed by atoms with Gasteiger partial charge in [-0.05, 0) is 51.7 Å². The number of tetrazole rings is 1. The van der Waals surface area contributed by atoms with Gasteiger partial charge in [-0.3, -0.25) is 9.69 Å². The van der Waals surface area contributed by atoms with E-state index in [0.29, 0.717) is 24.3 Å². The fraction of sp³-hybridized carbons (Fsp3) is 0.304. The summed E-state index contributed by atoms with van der Waals surface area (Å²) in [4.78, 5) is 31.6. The number of aryl methyl sites for hydroxylation is 1. The largest absolute Gasteiger partial charge is 0.465 e. The zero-order chi connectivity index (χ0) is 23.9. The van der Waals surface area contributed by atoms with Gasteiger partial charge in [0.25, 0.3) is 11.9 Å². The van der Waals surface area contributed by atoms with Gasteiger partial charge in [0.2, 0.25) is 0 Å². The van der Waals surface area contributed by atoms with Crippen molar-refractivity contribution in [2.24, 2.45) is 0 Å². The number of unbranched alkanes of at least 4 members (excludes halogenated alkanes) is 1. The number of ether oxygens (including phenoxy) is 1. The van der Waals surface area contributed by atoms with Gasteiger partial charge in [-0.25, -0.2) is 9.78 Å². The lowest BCUT2D eigenvalue weighted by molar-refractivity contribution is 0.0600. The van der Waals surface area contributed by atoms with E-state index in [4.69, 9.17) is 4.74 Å². The fourth-order valence-electron chi connectivity index (χ4n) is 3.55. The molecule has 0 spiro atoms. The molecular formula is C23H25N7O3S. The number of imidazole rings is 1. The highest BCUT2D eigenvalue weighted by molar-refractivity contribution is 7.07. The minimum Gasteiger partial charge on any atom is -0.465 e. The molecule has 176 valence electrons. The minimum absolute atomic E-state index is 0.196. The van der Waals surface area contributed by atoms with E-state index in [-0.39, 0.29) is 11.9 Å². The molecule has 4 aromatic rings. The molecule has 34 heavy (non-hydrogen) atoms. The third-order valence-corrected chi connectivity index (χ3v) is 6.10. The predicted molar refractivity (Wildman–Crippen MR) is 127 cm³/mol. The zero-order valence-corrected chi connectivity index (χ0v) is 19.8. The summed E-state index contributed by atoms with van der Waals surface area (Å²) in [6.07, 6.45) is 4.32. The van der Waals surface area contributed by atoms with E-state index in [1.165, 1.54) is 12.0 Å². The average Bonchev–Trinajstić information content (AvgIpc) is 3.64. The second-order valence-electron chi connectivity index (χ2n) is 7.67. The van der Waals surface area contributed by atoms with Gasteiger partial charge >= 0.3 is 5.97 Å². The first kappa shape index (κ1) is 23.3. The molecule has 0 saturated carbocycles. The molecule has 0 unspecified atom stereocenters. The van der Waals surface area contributed by atoms with Crippen molar-refractivity contribution >= 4 is 29.2 Å². The summed E-state index contributed by atoms with van der Waals surface area (Å²) in [6, 6.07) is 9.09. The van der Waals surface area contributed by atoms with Crippen molar-refractivity contribution in [3.63, 3.8) is 0 Å². The highest BCUT2D eigenvalue weighted by Gasteiger charge is 2.26.